The molecule has 3 heteroatoms. The SMILES string of the molecule is Clc1ccccc1-n1[c]nc(-c2ccccc2)c1-c1ccccc1. The van der Waals surface area contributed by atoms with Gasteiger partial charge in [-0.05, 0) is 12.1 Å². The molecule has 24 heavy (non-hydrogen) atoms. The molecule has 1 heterocycles. The molecule has 0 aliphatic carbocycles. The third kappa shape index (κ3) is 2.61. The first-order chi connectivity index (χ1) is 11.8. The quantitative estimate of drug-likeness (QED) is 0.474. The van der Waals surface area contributed by atoms with Crippen LogP contribution in [-0.4, -0.2) is 9.55 Å². The normalized spacial score (nSPS) is 10.7. The van der Waals surface area contributed by atoms with Gasteiger partial charge in [-0.2, -0.15) is 0 Å². The van der Waals surface area contributed by atoms with Crippen molar-refractivity contribution in [1.82, 2.24) is 9.55 Å². The van der Waals surface area contributed by atoms with Crippen LogP contribution in [0.3, 0.4) is 0 Å². The lowest BCUT2D eigenvalue weighted by Gasteiger charge is -2.11. The van der Waals surface area contributed by atoms with Gasteiger partial charge in [0.15, 0.2) is 6.33 Å². The third-order valence-corrected chi connectivity index (χ3v) is 4.22. The highest BCUT2D eigenvalue weighted by Gasteiger charge is 2.17. The molecule has 1 radical (unpaired) electrons. The number of hydrogen-bond donors (Lipinski definition) is 0. The molecule has 0 saturated carbocycles. The Morgan fingerprint density at radius 2 is 1.29 bits per heavy atom. The van der Waals surface area contributed by atoms with Gasteiger partial charge in [-0.1, -0.05) is 84.4 Å². The molecule has 0 unspecified atom stereocenters. The first kappa shape index (κ1) is 14.7. The molecule has 3 aromatic carbocycles. The fraction of sp³-hybridized carbons (Fsp3) is 0. The third-order valence-electron chi connectivity index (χ3n) is 3.90. The maximum absolute atomic E-state index is 6.40. The number of para-hydroxylation sites is 1. The lowest BCUT2D eigenvalue weighted by Crippen LogP contribution is -1.97. The second kappa shape index (κ2) is 6.34. The van der Waals surface area contributed by atoms with Crippen molar-refractivity contribution in [3.8, 4) is 28.2 Å². The summed E-state index contributed by atoms with van der Waals surface area (Å²) in [5, 5.41) is 0.669. The minimum atomic E-state index is 0.669. The molecule has 0 fully saturated rings. The van der Waals surface area contributed by atoms with E-state index in [1.54, 1.807) is 0 Å². The van der Waals surface area contributed by atoms with E-state index in [4.69, 9.17) is 11.6 Å². The number of benzene rings is 3. The van der Waals surface area contributed by atoms with E-state index < -0.39 is 0 Å². The summed E-state index contributed by atoms with van der Waals surface area (Å²) in [6.07, 6.45) is 3.11. The summed E-state index contributed by atoms with van der Waals surface area (Å²) in [5.41, 5.74) is 4.87. The second-order valence-electron chi connectivity index (χ2n) is 5.43. The molecule has 0 atom stereocenters. The van der Waals surface area contributed by atoms with Crippen LogP contribution in [0, 0.1) is 6.33 Å². The fourth-order valence-corrected chi connectivity index (χ4v) is 3.00. The lowest BCUT2D eigenvalue weighted by atomic mass is 10.0. The highest BCUT2D eigenvalue weighted by molar-refractivity contribution is 6.32. The summed E-state index contributed by atoms with van der Waals surface area (Å²) >= 11 is 6.40. The van der Waals surface area contributed by atoms with Gasteiger partial charge in [0.2, 0.25) is 0 Å². The van der Waals surface area contributed by atoms with E-state index in [0.29, 0.717) is 5.02 Å². The van der Waals surface area contributed by atoms with Crippen molar-refractivity contribution in [2.45, 2.75) is 0 Å². The van der Waals surface area contributed by atoms with Crippen LogP contribution in [0.1, 0.15) is 0 Å². The maximum Gasteiger partial charge on any atom is 0.182 e. The largest absolute Gasteiger partial charge is 0.288 e. The standard InChI is InChI=1S/C21H14ClN2/c22-18-13-7-8-14-19(18)24-15-23-20(16-9-3-1-4-10-16)21(24)17-11-5-2-6-12-17/h1-14H. The maximum atomic E-state index is 6.40. The van der Waals surface area contributed by atoms with Crippen LogP contribution in [0.2, 0.25) is 5.02 Å². The van der Waals surface area contributed by atoms with Gasteiger partial charge in [0.1, 0.15) is 0 Å². The summed E-state index contributed by atoms with van der Waals surface area (Å²) in [7, 11) is 0. The molecule has 1 aromatic heterocycles. The number of imidazole rings is 1. The molecule has 0 saturated heterocycles. The van der Waals surface area contributed by atoms with Crippen LogP contribution in [0.15, 0.2) is 84.9 Å². The molecule has 0 N–H and O–H groups in total. The Hall–Kier alpha value is -2.84. The molecule has 115 valence electrons. The zero-order valence-electron chi connectivity index (χ0n) is 12.9. The van der Waals surface area contributed by atoms with Gasteiger partial charge in [0.05, 0.1) is 22.1 Å². The van der Waals surface area contributed by atoms with Gasteiger partial charge in [0, 0.05) is 11.1 Å². The van der Waals surface area contributed by atoms with Crippen molar-refractivity contribution >= 4 is 11.6 Å². The van der Waals surface area contributed by atoms with Crippen molar-refractivity contribution in [3.05, 3.63) is 96.3 Å². The number of hydrogen-bond acceptors (Lipinski definition) is 1. The molecule has 0 amide bonds. The van der Waals surface area contributed by atoms with Gasteiger partial charge < -0.3 is 0 Å². The molecule has 0 aliphatic heterocycles. The number of nitrogens with zero attached hydrogens (tertiary/aromatic N) is 2. The summed E-state index contributed by atoms with van der Waals surface area (Å²) in [6.45, 7) is 0. The summed E-state index contributed by atoms with van der Waals surface area (Å²) in [5.74, 6) is 0. The second-order valence-corrected chi connectivity index (χ2v) is 5.84. The molecular formula is C21H14ClN2. The predicted octanol–water partition coefficient (Wildman–Crippen LogP) is 5.66. The van der Waals surface area contributed by atoms with Crippen LogP contribution >= 0.6 is 11.6 Å². The van der Waals surface area contributed by atoms with Gasteiger partial charge in [-0.25, -0.2) is 4.98 Å². The Morgan fingerprint density at radius 3 is 1.96 bits per heavy atom. The molecule has 4 aromatic rings. The first-order valence-corrected chi connectivity index (χ1v) is 8.08. The summed E-state index contributed by atoms with van der Waals surface area (Å²) < 4.78 is 1.93. The fourth-order valence-electron chi connectivity index (χ4n) is 2.78. The Morgan fingerprint density at radius 1 is 0.708 bits per heavy atom. The van der Waals surface area contributed by atoms with E-state index in [-0.39, 0.29) is 0 Å². The van der Waals surface area contributed by atoms with Crippen molar-refractivity contribution in [3.63, 3.8) is 0 Å². The number of halogens is 1. The van der Waals surface area contributed by atoms with Crippen LogP contribution in [0.4, 0.5) is 0 Å². The van der Waals surface area contributed by atoms with Gasteiger partial charge in [-0.15, -0.1) is 0 Å². The highest BCUT2D eigenvalue weighted by Crippen LogP contribution is 2.34. The Kier molecular flexibility index (Phi) is 3.89. The monoisotopic (exact) mass is 329 g/mol. The first-order valence-electron chi connectivity index (χ1n) is 7.71. The van der Waals surface area contributed by atoms with Crippen molar-refractivity contribution < 1.29 is 0 Å². The lowest BCUT2D eigenvalue weighted by molar-refractivity contribution is 1.05. The van der Waals surface area contributed by atoms with Gasteiger partial charge >= 0.3 is 0 Å². The molecule has 2 nitrogen and oxygen atoms in total. The van der Waals surface area contributed by atoms with Gasteiger partial charge in [0.25, 0.3) is 0 Å². The van der Waals surface area contributed by atoms with Crippen molar-refractivity contribution in [2.75, 3.05) is 0 Å². The minimum absolute atomic E-state index is 0.669. The molecule has 0 aliphatic rings. The van der Waals surface area contributed by atoms with E-state index in [1.807, 2.05) is 65.2 Å². The topological polar surface area (TPSA) is 17.8 Å². The predicted molar refractivity (Wildman–Crippen MR) is 98.3 cm³/mol. The van der Waals surface area contributed by atoms with E-state index in [9.17, 15) is 0 Å². The van der Waals surface area contributed by atoms with Crippen LogP contribution < -0.4 is 0 Å². The summed E-state index contributed by atoms with van der Waals surface area (Å²) in [4.78, 5) is 4.56. The molecule has 0 bridgehead atoms. The Balaban J connectivity index is 2.00. The number of rotatable bonds is 3. The zero-order valence-corrected chi connectivity index (χ0v) is 13.6. The van der Waals surface area contributed by atoms with Crippen molar-refractivity contribution in [1.29, 1.82) is 0 Å². The Bertz CT molecular complexity index is 960. The number of aromatic nitrogens is 2. The van der Waals surface area contributed by atoms with E-state index in [2.05, 4.69) is 35.6 Å². The van der Waals surface area contributed by atoms with E-state index in [0.717, 1.165) is 28.2 Å². The average molecular weight is 330 g/mol. The zero-order chi connectivity index (χ0) is 16.4. The minimum Gasteiger partial charge on any atom is -0.288 e. The average Bonchev–Trinajstić information content (AvgIpc) is 3.08. The Labute approximate surface area is 146 Å². The summed E-state index contributed by atoms with van der Waals surface area (Å²) in [6, 6.07) is 28.1. The smallest absolute Gasteiger partial charge is 0.182 e. The highest BCUT2D eigenvalue weighted by atomic mass is 35.5. The van der Waals surface area contributed by atoms with Crippen LogP contribution in [0.5, 0.6) is 0 Å². The molecular weight excluding hydrogens is 316 g/mol. The van der Waals surface area contributed by atoms with E-state index in [1.165, 1.54) is 0 Å². The van der Waals surface area contributed by atoms with Gasteiger partial charge in [-0.3, -0.25) is 4.57 Å². The van der Waals surface area contributed by atoms with Crippen LogP contribution in [-0.2, 0) is 0 Å². The van der Waals surface area contributed by atoms with E-state index >= 15 is 0 Å². The van der Waals surface area contributed by atoms with Crippen molar-refractivity contribution in [2.24, 2.45) is 0 Å². The van der Waals surface area contributed by atoms with Crippen LogP contribution in [0.25, 0.3) is 28.2 Å². The molecule has 4 rings (SSSR count). The molecule has 0 spiro atoms.